The summed E-state index contributed by atoms with van der Waals surface area (Å²) in [5, 5.41) is 64.7. The van der Waals surface area contributed by atoms with Crippen LogP contribution in [0, 0.1) is 23.4 Å². The lowest BCUT2D eigenvalue weighted by Gasteiger charge is -2.38. The smallest absolute Gasteiger partial charge is 0.305 e. The second kappa shape index (κ2) is 48.5. The second-order valence-electron chi connectivity index (χ2n) is 33.5. The van der Waals surface area contributed by atoms with Crippen molar-refractivity contribution in [2.45, 2.75) is 202 Å². The highest BCUT2D eigenvalue weighted by molar-refractivity contribution is 8.00. The number of aliphatic carboxylic acids is 2. The van der Waals surface area contributed by atoms with Crippen molar-refractivity contribution < 1.29 is 115 Å². The molecule has 3 aliphatic heterocycles. The fraction of sp³-hybridized carbons (Fsp3) is 0.462. The molecule has 0 bridgehead atoms. The van der Waals surface area contributed by atoms with Crippen molar-refractivity contribution in [3.63, 3.8) is 0 Å². The number of phenolic OH excluding ortho intramolecular Hbond substituents is 2. The highest BCUT2D eigenvalue weighted by atomic mass is 32.2. The third-order valence-corrected chi connectivity index (χ3v) is 24.6. The average Bonchev–Trinajstić information content (AvgIpc) is 1.42. The maximum Gasteiger partial charge on any atom is 0.305 e. The van der Waals surface area contributed by atoms with Gasteiger partial charge in [0.1, 0.15) is 90.0 Å². The number of aromatic hydroxyl groups is 2. The fourth-order valence-electron chi connectivity index (χ4n) is 16.2. The molecule has 3 saturated heterocycles. The topological polar surface area (TPSA) is 563 Å². The Balaban J connectivity index is 1.13. The molecule has 3 aliphatic rings. The summed E-state index contributed by atoms with van der Waals surface area (Å²) in [4.78, 5) is 257. The minimum absolute atomic E-state index is 0.0679. The molecule has 1 aromatic heterocycles. The highest BCUT2D eigenvalue weighted by Crippen LogP contribution is 2.29. The lowest BCUT2D eigenvalue weighted by Crippen LogP contribution is -2.63. The average molecular weight is 1870 g/mol. The van der Waals surface area contributed by atoms with E-state index in [9.17, 15) is 63.2 Å². The molecule has 0 saturated carbocycles. The Labute approximate surface area is 768 Å². The van der Waals surface area contributed by atoms with Gasteiger partial charge in [-0.2, -0.15) is 0 Å². The number of benzene rings is 5. The van der Waals surface area contributed by atoms with E-state index in [0.29, 0.717) is 69.9 Å². The van der Waals surface area contributed by atoms with Crippen LogP contribution in [0.3, 0.4) is 0 Å². The Bertz CT molecular complexity index is 5210. The summed E-state index contributed by atoms with van der Waals surface area (Å²) in [5.74, 6) is -26.6. The number of carbonyl (C=O) groups is 17. The van der Waals surface area contributed by atoms with Gasteiger partial charge in [0.2, 0.25) is 88.6 Å². The summed E-state index contributed by atoms with van der Waals surface area (Å²) >= 11 is 0.612. The first kappa shape index (κ1) is 103. The first-order valence-electron chi connectivity index (χ1n) is 43.6. The summed E-state index contributed by atoms with van der Waals surface area (Å²) in [6.07, 6.45) is -1.97. The van der Waals surface area contributed by atoms with Gasteiger partial charge in [0.25, 0.3) is 0 Å². The summed E-state index contributed by atoms with van der Waals surface area (Å²) in [7, 11) is 3.59. The molecule has 0 radical (unpaired) electrons. The van der Waals surface area contributed by atoms with Crippen LogP contribution in [0.2, 0.25) is 0 Å². The number of carboxylic acids is 2. The molecular formula is C91H114F3N17O21S. The number of aromatic nitrogens is 1. The van der Waals surface area contributed by atoms with Crippen molar-refractivity contribution in [2.24, 2.45) is 17.4 Å². The zero-order valence-corrected chi connectivity index (χ0v) is 75.2. The van der Waals surface area contributed by atoms with Crippen LogP contribution >= 0.6 is 11.8 Å². The number of thioether (sulfide) groups is 1. The minimum atomic E-state index is -1.99. The Morgan fingerprint density at radius 2 is 1.03 bits per heavy atom. The number of piperidine rings is 1. The molecule has 0 unspecified atom stereocenters. The standard InChI is InChI=1S/C91H114F3N17O21S/c1-7-8-21-70-90(131)111-35-16-23-69(111)85(126)103-64(43-76(118)119)82(123)106-78(49(2)3)91(132)108(5)71(40-50-17-10-9-11-18-50)86(127)100-61(32-33-75(116)117)88(129)110-34-15-14-22-68(110)84(125)102-63(42-54-45-97-60-20-13-12-19-57(54)60)81(122)101-62(38-51-24-28-55(112)29-25-51)80(121)104-66(44-95)83(124)105-67(79(120)98-46-73(96)114)47-133-48-74(115)99-65(39-53-36-58(92)77(94)59(93)37-53)87(128)109(6)72(89(130)107(70)4)41-52-26-30-56(113)31-27-52/h9-13,17-20,24-31,36-37,45,49,61-72,78,97,112-113H,7-8,14-16,21-23,32-35,38-44,46-48,95H2,1-6H3,(H2,96,114)(H,98,120)(H,99,115)(H,100,127)(H,101,122)(H,102,125)(H,103,126)(H,104,121)(H,105,124)(H,106,123)(H,116,117)(H,118,119)/t61-,62-,63+,64-,65-,66-,67-,68+,69+,70-,71-,72-,78+/m0/s1. The Morgan fingerprint density at radius 1 is 0.511 bits per heavy atom. The van der Waals surface area contributed by atoms with Crippen LogP contribution in [0.25, 0.3) is 10.9 Å². The van der Waals surface area contributed by atoms with E-state index in [2.05, 4.69) is 52.8 Å². The molecule has 42 heteroatoms. The van der Waals surface area contributed by atoms with Crippen LogP contribution in [0.4, 0.5) is 13.2 Å². The molecule has 6 aromatic rings. The number of primary amides is 1. The quantitative estimate of drug-likeness (QED) is 0.0393. The number of rotatable bonds is 23. The van der Waals surface area contributed by atoms with Crippen molar-refractivity contribution in [3.8, 4) is 11.5 Å². The van der Waals surface area contributed by atoms with Gasteiger partial charge in [-0.1, -0.05) is 106 Å². The number of unbranched alkanes of at least 4 members (excludes halogenated alkanes) is 1. The third kappa shape index (κ3) is 28.4. The van der Waals surface area contributed by atoms with Crippen LogP contribution in [0.5, 0.6) is 11.5 Å². The largest absolute Gasteiger partial charge is 0.508 e. The van der Waals surface area contributed by atoms with Crippen molar-refractivity contribution in [1.29, 1.82) is 0 Å². The molecule has 0 spiro atoms. The van der Waals surface area contributed by atoms with Crippen molar-refractivity contribution in [1.82, 2.24) is 77.3 Å². The Hall–Kier alpha value is -13.7. The van der Waals surface area contributed by atoms with Gasteiger partial charge in [-0.3, -0.25) is 81.5 Å². The molecule has 18 N–H and O–H groups in total. The number of nitrogens with zero attached hydrogens (tertiary/aromatic N) is 5. The summed E-state index contributed by atoms with van der Waals surface area (Å²) in [6, 6.07) is 4.97. The number of carboxylic acid groups (broad SMARTS) is 2. The number of carbonyl (C=O) groups excluding carboxylic acids is 15. The number of aromatic amines is 1. The maximum atomic E-state index is 15.7. The highest BCUT2D eigenvalue weighted by Gasteiger charge is 2.46. The molecule has 716 valence electrons. The molecule has 4 heterocycles. The van der Waals surface area contributed by atoms with E-state index >= 15 is 51.9 Å². The van der Waals surface area contributed by atoms with Crippen LogP contribution in [-0.4, -0.2) is 288 Å². The van der Waals surface area contributed by atoms with E-state index in [-0.39, 0.29) is 76.0 Å². The van der Waals surface area contributed by atoms with Crippen LogP contribution in [0.15, 0.2) is 121 Å². The Morgan fingerprint density at radius 3 is 1.64 bits per heavy atom. The van der Waals surface area contributed by atoms with Gasteiger partial charge in [-0.15, -0.1) is 11.8 Å². The molecule has 0 aliphatic carbocycles. The van der Waals surface area contributed by atoms with Gasteiger partial charge >= 0.3 is 11.9 Å². The number of para-hydroxylation sites is 1. The molecule has 13 atom stereocenters. The fourth-order valence-corrected chi connectivity index (χ4v) is 17.0. The van der Waals surface area contributed by atoms with E-state index in [0.717, 1.165) is 31.5 Å². The number of hydrogen-bond donors (Lipinski definition) is 16. The van der Waals surface area contributed by atoms with E-state index in [1.807, 2.05) is 0 Å². The molecule has 15 amide bonds. The number of nitrogens with one attached hydrogen (secondary N) is 10. The van der Waals surface area contributed by atoms with Gasteiger partial charge in [0.15, 0.2) is 17.5 Å². The predicted octanol–water partition coefficient (Wildman–Crippen LogP) is 0.734. The first-order chi connectivity index (χ1) is 63.2. The number of amides is 15. The summed E-state index contributed by atoms with van der Waals surface area (Å²) in [6.45, 7) is 2.96. The van der Waals surface area contributed by atoms with Gasteiger partial charge in [-0.05, 0) is 121 Å². The number of halogens is 3. The first-order valence-corrected chi connectivity index (χ1v) is 44.8. The second-order valence-corrected chi connectivity index (χ2v) is 34.6. The molecule has 9 rings (SSSR count). The third-order valence-electron chi connectivity index (χ3n) is 23.5. The van der Waals surface area contributed by atoms with E-state index in [1.165, 1.54) is 76.5 Å². The molecule has 133 heavy (non-hydrogen) atoms. The number of H-pyrrole nitrogens is 1. The van der Waals surface area contributed by atoms with Crippen molar-refractivity contribution in [2.75, 3.05) is 58.8 Å². The van der Waals surface area contributed by atoms with Crippen molar-refractivity contribution in [3.05, 3.63) is 167 Å². The lowest BCUT2D eigenvalue weighted by molar-refractivity contribution is -0.152. The molecule has 3 fully saturated rings. The van der Waals surface area contributed by atoms with Crippen LogP contribution in [-0.2, 0) is 114 Å². The van der Waals surface area contributed by atoms with Crippen LogP contribution < -0.4 is 59.3 Å². The van der Waals surface area contributed by atoms with E-state index < -0.39 is 271 Å². The summed E-state index contributed by atoms with van der Waals surface area (Å²) in [5.41, 5.74) is 13.3. The molecular weight excluding hydrogens is 1760 g/mol. The molecule has 5 aromatic carbocycles. The van der Waals surface area contributed by atoms with Crippen molar-refractivity contribution >= 4 is 123 Å². The Kier molecular flexibility index (Phi) is 37.6. The van der Waals surface area contributed by atoms with E-state index in [4.69, 9.17) is 11.5 Å². The van der Waals surface area contributed by atoms with Gasteiger partial charge in [0, 0.05) is 102 Å². The zero-order chi connectivity index (χ0) is 97.2. The van der Waals surface area contributed by atoms with Gasteiger partial charge in [0.05, 0.1) is 18.7 Å². The lowest BCUT2D eigenvalue weighted by atomic mass is 9.97. The molecule has 38 nitrogen and oxygen atoms in total. The van der Waals surface area contributed by atoms with E-state index in [1.54, 1.807) is 67.7 Å². The number of phenols is 2. The number of hydrogen-bond acceptors (Lipinski definition) is 21. The monoisotopic (exact) mass is 1870 g/mol. The number of fused-ring (bicyclic) bond motifs is 3. The van der Waals surface area contributed by atoms with Gasteiger partial charge < -0.3 is 109 Å². The van der Waals surface area contributed by atoms with Gasteiger partial charge in [-0.25, -0.2) is 13.2 Å². The number of likely N-dealkylation sites (N-methyl/N-ethyl adjacent to an activating group) is 3. The normalized spacial score (nSPS) is 23.6. The SMILES string of the molecule is CCCC[C@H]1C(=O)N2CCC[C@@H]2C(=O)N[C@@H](CC(=O)O)C(=O)N[C@H](C(C)C)C(=O)N(C)[C@@H](Cc2ccccc2)C(=O)N[C@@H](CCC(=O)O)C(=O)N2CCCC[C@@H]2C(=O)N[C@H](Cc2c[nH]c3ccccc23)C(=O)N[C@@H](Cc2ccc(O)cc2)C(=O)N[C@@H](CN)C(=O)N[C@H](C(=O)NCC(N)=O)CSCC(=O)N[C@@H](Cc2cc(F)c(F)c(F)c2)C(=O)N(C)[C@@H](Cc2ccc(O)cc2)C(=O)N1C. The predicted molar refractivity (Wildman–Crippen MR) is 477 cm³/mol. The maximum absolute atomic E-state index is 15.7. The van der Waals surface area contributed by atoms with Crippen LogP contribution in [0.1, 0.15) is 119 Å². The minimum Gasteiger partial charge on any atom is -0.508 e. The number of nitrogens with two attached hydrogens (primary N) is 2. The zero-order valence-electron chi connectivity index (χ0n) is 74.3. The summed E-state index contributed by atoms with van der Waals surface area (Å²) < 4.78 is 45.0.